The van der Waals surface area contributed by atoms with Crippen LogP contribution < -0.4 is 16.1 Å². The van der Waals surface area contributed by atoms with Crippen molar-refractivity contribution in [2.24, 2.45) is 7.05 Å². The van der Waals surface area contributed by atoms with Gasteiger partial charge < -0.3 is 4.90 Å². The fourth-order valence-corrected chi connectivity index (χ4v) is 4.68. The van der Waals surface area contributed by atoms with Crippen LogP contribution in [0, 0.1) is 6.92 Å². The van der Waals surface area contributed by atoms with Gasteiger partial charge in [-0.3, -0.25) is 23.8 Å². The molecule has 0 saturated carbocycles. The molecule has 1 aliphatic heterocycles. The number of nitrogens with zero attached hydrogens (tertiary/aromatic N) is 5. The van der Waals surface area contributed by atoms with E-state index >= 15 is 0 Å². The van der Waals surface area contributed by atoms with Gasteiger partial charge >= 0.3 is 5.69 Å². The second-order valence-electron chi connectivity index (χ2n) is 8.98. The first kappa shape index (κ1) is 22.2. The molecule has 2 aromatic carbocycles. The Kier molecular flexibility index (Phi) is 6.06. The lowest BCUT2D eigenvalue weighted by molar-refractivity contribution is 0.259. The number of aryl methyl sites for hydroxylation is 2. The summed E-state index contributed by atoms with van der Waals surface area (Å²) in [6.45, 7) is 7.10. The Bertz CT molecular complexity index is 1410. The first-order chi connectivity index (χ1) is 16.5. The van der Waals surface area contributed by atoms with Crippen molar-refractivity contribution in [1.82, 2.24) is 24.0 Å². The summed E-state index contributed by atoms with van der Waals surface area (Å²) in [5.41, 5.74) is 3.64. The number of aromatic nitrogens is 4. The Balaban J connectivity index is 1.43. The molecular weight excluding hydrogens is 428 g/mol. The summed E-state index contributed by atoms with van der Waals surface area (Å²) >= 11 is 0. The second-order valence-corrected chi connectivity index (χ2v) is 8.98. The van der Waals surface area contributed by atoms with Crippen molar-refractivity contribution >= 4 is 17.1 Å². The van der Waals surface area contributed by atoms with Crippen LogP contribution in [0.1, 0.15) is 16.7 Å². The fraction of sp³-hybridized carbons (Fsp3) is 0.346. The van der Waals surface area contributed by atoms with Crippen molar-refractivity contribution in [3.05, 3.63) is 92.1 Å². The molecule has 2 aromatic heterocycles. The predicted octanol–water partition coefficient (Wildman–Crippen LogP) is 2.14. The molecule has 34 heavy (non-hydrogen) atoms. The van der Waals surface area contributed by atoms with E-state index in [0.717, 1.165) is 56.2 Å². The van der Waals surface area contributed by atoms with E-state index in [-0.39, 0.29) is 0 Å². The van der Waals surface area contributed by atoms with E-state index in [1.807, 2.05) is 22.8 Å². The normalized spacial score (nSPS) is 14.7. The summed E-state index contributed by atoms with van der Waals surface area (Å²) in [5, 5.41) is 0. The van der Waals surface area contributed by atoms with Crippen LogP contribution in [0.4, 0.5) is 5.95 Å². The number of anilines is 1. The van der Waals surface area contributed by atoms with Crippen LogP contribution in [-0.4, -0.2) is 56.7 Å². The predicted molar refractivity (Wildman–Crippen MR) is 135 cm³/mol. The van der Waals surface area contributed by atoms with E-state index in [1.165, 1.54) is 10.1 Å². The van der Waals surface area contributed by atoms with Gasteiger partial charge in [0, 0.05) is 39.8 Å². The van der Waals surface area contributed by atoms with Gasteiger partial charge in [0.2, 0.25) is 5.95 Å². The van der Waals surface area contributed by atoms with E-state index in [1.54, 1.807) is 7.05 Å². The highest BCUT2D eigenvalue weighted by atomic mass is 16.2. The van der Waals surface area contributed by atoms with Crippen LogP contribution in [0.5, 0.6) is 0 Å². The van der Waals surface area contributed by atoms with Gasteiger partial charge in [-0.1, -0.05) is 54.6 Å². The summed E-state index contributed by atoms with van der Waals surface area (Å²) in [6, 6.07) is 18.7. The van der Waals surface area contributed by atoms with E-state index in [0.29, 0.717) is 17.7 Å². The molecule has 0 spiro atoms. The summed E-state index contributed by atoms with van der Waals surface area (Å²) in [6.07, 6.45) is 1.03. The number of fused-ring (bicyclic) bond motifs is 1. The molecule has 1 aliphatic rings. The van der Waals surface area contributed by atoms with Crippen molar-refractivity contribution in [2.75, 3.05) is 37.6 Å². The van der Waals surface area contributed by atoms with Crippen molar-refractivity contribution < 1.29 is 0 Å². The molecule has 1 N–H and O–H groups in total. The smallest absolute Gasteiger partial charge is 0.329 e. The summed E-state index contributed by atoms with van der Waals surface area (Å²) in [5.74, 6) is 0.743. The highest BCUT2D eigenvalue weighted by Crippen LogP contribution is 2.23. The minimum absolute atomic E-state index is 0.396. The standard InChI is InChI=1S/C26H30N6O2/c1-19-8-6-7-11-21(19)18-32-22-23(29(2)26(34)28-24(22)33)27-25(32)31-16-14-30(15-17-31)13-12-20-9-4-3-5-10-20/h3-11H,12-18H2,1-2H3,(H,28,33,34). The molecule has 8 nitrogen and oxygen atoms in total. The topological polar surface area (TPSA) is 79.2 Å². The van der Waals surface area contributed by atoms with Crippen molar-refractivity contribution in [2.45, 2.75) is 19.9 Å². The Morgan fingerprint density at radius 2 is 1.65 bits per heavy atom. The monoisotopic (exact) mass is 458 g/mol. The van der Waals surface area contributed by atoms with E-state index in [4.69, 9.17) is 4.98 Å². The minimum atomic E-state index is -0.449. The zero-order valence-corrected chi connectivity index (χ0v) is 19.7. The molecule has 0 aliphatic carbocycles. The van der Waals surface area contributed by atoms with E-state index < -0.39 is 11.2 Å². The Morgan fingerprint density at radius 1 is 0.941 bits per heavy atom. The van der Waals surface area contributed by atoms with Crippen LogP contribution in [0.2, 0.25) is 0 Å². The molecular formula is C26H30N6O2. The SMILES string of the molecule is Cc1ccccc1Cn1c(N2CCN(CCc3ccccc3)CC2)nc2c1c(=O)[nH]c(=O)n2C. The number of hydrogen-bond acceptors (Lipinski definition) is 5. The lowest BCUT2D eigenvalue weighted by Gasteiger charge is -2.35. The third-order valence-corrected chi connectivity index (χ3v) is 6.79. The van der Waals surface area contributed by atoms with E-state index in [9.17, 15) is 9.59 Å². The number of rotatable bonds is 6. The van der Waals surface area contributed by atoms with E-state index in [2.05, 4.69) is 58.1 Å². The maximum Gasteiger partial charge on any atom is 0.329 e. The van der Waals surface area contributed by atoms with Crippen molar-refractivity contribution in [3.8, 4) is 0 Å². The Labute approximate surface area is 198 Å². The number of imidazole rings is 1. The number of nitrogens with one attached hydrogen (secondary N) is 1. The van der Waals surface area contributed by atoms with Gasteiger partial charge in [0.15, 0.2) is 11.2 Å². The van der Waals surface area contributed by atoms with Crippen LogP contribution in [-0.2, 0) is 20.0 Å². The molecule has 0 radical (unpaired) electrons. The molecule has 4 aromatic rings. The molecule has 0 unspecified atom stereocenters. The number of hydrogen-bond donors (Lipinski definition) is 1. The highest BCUT2D eigenvalue weighted by Gasteiger charge is 2.25. The van der Waals surface area contributed by atoms with Crippen LogP contribution in [0.15, 0.2) is 64.2 Å². The maximum atomic E-state index is 12.9. The summed E-state index contributed by atoms with van der Waals surface area (Å²) in [7, 11) is 1.65. The summed E-state index contributed by atoms with van der Waals surface area (Å²) in [4.78, 5) is 37.1. The molecule has 1 saturated heterocycles. The molecule has 0 amide bonds. The number of H-pyrrole nitrogens is 1. The molecule has 1 fully saturated rings. The van der Waals surface area contributed by atoms with Gasteiger partial charge in [-0.2, -0.15) is 4.98 Å². The Hall–Kier alpha value is -3.65. The number of aromatic amines is 1. The zero-order chi connectivity index (χ0) is 23.7. The van der Waals surface area contributed by atoms with Gasteiger partial charge in [0.05, 0.1) is 6.54 Å². The largest absolute Gasteiger partial charge is 0.340 e. The van der Waals surface area contributed by atoms with Gasteiger partial charge in [-0.05, 0) is 30.0 Å². The van der Waals surface area contributed by atoms with Gasteiger partial charge in [0.1, 0.15) is 0 Å². The quantitative estimate of drug-likeness (QED) is 0.479. The van der Waals surface area contributed by atoms with Gasteiger partial charge in [0.25, 0.3) is 5.56 Å². The number of piperazine rings is 1. The third-order valence-electron chi connectivity index (χ3n) is 6.79. The van der Waals surface area contributed by atoms with Gasteiger partial charge in [-0.15, -0.1) is 0 Å². The average molecular weight is 459 g/mol. The molecule has 0 bridgehead atoms. The van der Waals surface area contributed by atoms with Crippen molar-refractivity contribution in [1.29, 1.82) is 0 Å². The molecule has 5 rings (SSSR count). The van der Waals surface area contributed by atoms with Crippen LogP contribution in [0.3, 0.4) is 0 Å². The lowest BCUT2D eigenvalue weighted by atomic mass is 10.1. The molecule has 0 atom stereocenters. The fourth-order valence-electron chi connectivity index (χ4n) is 4.68. The lowest BCUT2D eigenvalue weighted by Crippen LogP contribution is -2.47. The Morgan fingerprint density at radius 3 is 2.38 bits per heavy atom. The maximum absolute atomic E-state index is 12.9. The molecule has 8 heteroatoms. The second kappa shape index (κ2) is 9.30. The van der Waals surface area contributed by atoms with Crippen LogP contribution >= 0.6 is 0 Å². The minimum Gasteiger partial charge on any atom is -0.340 e. The average Bonchev–Trinajstić information content (AvgIpc) is 3.23. The zero-order valence-electron chi connectivity index (χ0n) is 19.7. The molecule has 176 valence electrons. The first-order valence-electron chi connectivity index (χ1n) is 11.8. The van der Waals surface area contributed by atoms with Crippen molar-refractivity contribution in [3.63, 3.8) is 0 Å². The van der Waals surface area contributed by atoms with Gasteiger partial charge in [-0.25, -0.2) is 4.79 Å². The van der Waals surface area contributed by atoms with Crippen LogP contribution in [0.25, 0.3) is 11.2 Å². The molecule has 3 heterocycles. The highest BCUT2D eigenvalue weighted by molar-refractivity contribution is 5.74. The summed E-state index contributed by atoms with van der Waals surface area (Å²) < 4.78 is 3.39. The number of benzene rings is 2. The third kappa shape index (κ3) is 4.28. The first-order valence-corrected chi connectivity index (χ1v) is 11.8.